The average Bonchev–Trinajstić information content (AvgIpc) is 3.22. The molecule has 0 aliphatic heterocycles. The van der Waals surface area contributed by atoms with Gasteiger partial charge in [0.25, 0.3) is 5.56 Å². The number of nitrogens with one attached hydrogen (secondary N) is 1. The molecule has 0 amide bonds. The number of ether oxygens (including phenoxy) is 1. The number of H-pyrrole nitrogens is 1. The van der Waals surface area contributed by atoms with Gasteiger partial charge in [-0.3, -0.25) is 9.89 Å². The zero-order valence-corrected chi connectivity index (χ0v) is 13.5. The molecule has 1 aromatic carbocycles. The summed E-state index contributed by atoms with van der Waals surface area (Å²) in [7, 11) is 0. The number of aromatic amines is 1. The van der Waals surface area contributed by atoms with E-state index in [0.717, 1.165) is 28.2 Å². The molecule has 128 valence electrons. The van der Waals surface area contributed by atoms with E-state index in [2.05, 4.69) is 16.7 Å². The lowest BCUT2D eigenvalue weighted by Crippen LogP contribution is -2.14. The fourth-order valence-electron chi connectivity index (χ4n) is 2.02. The van der Waals surface area contributed by atoms with Crippen LogP contribution in [-0.2, 0) is 4.74 Å². The maximum absolute atomic E-state index is 13.3. The van der Waals surface area contributed by atoms with Crippen LogP contribution in [0, 0.1) is 11.6 Å². The van der Waals surface area contributed by atoms with E-state index < -0.39 is 23.2 Å². The summed E-state index contributed by atoms with van der Waals surface area (Å²) in [4.78, 5) is 27.9. The topological polar surface area (TPSA) is 77.0 Å². The summed E-state index contributed by atoms with van der Waals surface area (Å²) in [5, 5.41) is 4.41. The molecule has 0 saturated heterocycles. The molecule has 3 aromatic rings. The average molecular weight is 363 g/mol. The van der Waals surface area contributed by atoms with Crippen LogP contribution < -0.4 is 5.56 Å². The van der Waals surface area contributed by atoms with Gasteiger partial charge in [-0.1, -0.05) is 12.7 Å². The summed E-state index contributed by atoms with van der Waals surface area (Å²) < 4.78 is 32.3. The van der Waals surface area contributed by atoms with E-state index in [1.54, 1.807) is 0 Å². The molecule has 1 N–H and O–H groups in total. The van der Waals surface area contributed by atoms with Gasteiger partial charge in [0.2, 0.25) is 5.13 Å². The Balaban J connectivity index is 1.92. The van der Waals surface area contributed by atoms with Crippen LogP contribution in [0.25, 0.3) is 16.4 Å². The first-order chi connectivity index (χ1) is 12.0. The highest BCUT2D eigenvalue weighted by Crippen LogP contribution is 2.20. The Morgan fingerprint density at radius 2 is 2.16 bits per heavy atom. The molecule has 0 fully saturated rings. The highest BCUT2D eigenvalue weighted by Gasteiger charge is 2.15. The monoisotopic (exact) mass is 363 g/mol. The SMILES string of the molecule is C=CCOC(=O)c1csc(-n2[nH]c(-c3ccc(F)c(F)c3)cc2=O)n1. The van der Waals surface area contributed by atoms with E-state index in [1.807, 2.05) is 0 Å². The fraction of sp³-hybridized carbons (Fsp3) is 0.0625. The molecule has 0 aliphatic rings. The number of hydrogen-bond donors (Lipinski definition) is 1. The maximum atomic E-state index is 13.3. The minimum Gasteiger partial charge on any atom is -0.457 e. The molecule has 9 heteroatoms. The second kappa shape index (κ2) is 6.81. The molecule has 2 heterocycles. The highest BCUT2D eigenvalue weighted by atomic mass is 32.1. The predicted octanol–water partition coefficient (Wildman–Crippen LogP) is 2.91. The third-order valence-corrected chi connectivity index (χ3v) is 4.00. The summed E-state index contributed by atoms with van der Waals surface area (Å²) in [6, 6.07) is 4.51. The van der Waals surface area contributed by atoms with Crippen molar-refractivity contribution in [2.24, 2.45) is 0 Å². The quantitative estimate of drug-likeness (QED) is 0.559. The summed E-state index contributed by atoms with van der Waals surface area (Å²) in [5.41, 5.74) is 0.185. The van der Waals surface area contributed by atoms with Gasteiger partial charge in [0, 0.05) is 17.0 Å². The van der Waals surface area contributed by atoms with Crippen molar-refractivity contribution in [2.45, 2.75) is 0 Å². The molecule has 25 heavy (non-hydrogen) atoms. The van der Waals surface area contributed by atoms with Gasteiger partial charge in [0.1, 0.15) is 6.61 Å². The van der Waals surface area contributed by atoms with E-state index in [-0.39, 0.29) is 23.1 Å². The third kappa shape index (κ3) is 3.41. The molecule has 0 saturated carbocycles. The van der Waals surface area contributed by atoms with Crippen LogP contribution in [0.2, 0.25) is 0 Å². The summed E-state index contributed by atoms with van der Waals surface area (Å²) in [6.07, 6.45) is 1.43. The normalized spacial score (nSPS) is 10.6. The maximum Gasteiger partial charge on any atom is 0.358 e. The van der Waals surface area contributed by atoms with Gasteiger partial charge >= 0.3 is 5.97 Å². The number of carbonyl (C=O) groups is 1. The van der Waals surface area contributed by atoms with Crippen molar-refractivity contribution in [1.29, 1.82) is 0 Å². The van der Waals surface area contributed by atoms with Gasteiger partial charge in [-0.2, -0.15) is 4.68 Å². The first-order valence-electron chi connectivity index (χ1n) is 7.01. The van der Waals surface area contributed by atoms with Crippen LogP contribution in [0.5, 0.6) is 0 Å². The molecule has 3 rings (SSSR count). The number of rotatable bonds is 5. The molecule has 2 aromatic heterocycles. The number of esters is 1. The van der Waals surface area contributed by atoms with Crippen molar-refractivity contribution in [2.75, 3.05) is 6.61 Å². The summed E-state index contributed by atoms with van der Waals surface area (Å²) in [5.74, 6) is -2.64. The van der Waals surface area contributed by atoms with Crippen molar-refractivity contribution in [1.82, 2.24) is 14.8 Å². The largest absolute Gasteiger partial charge is 0.457 e. The number of thiazole rings is 1. The number of benzene rings is 1. The van der Waals surface area contributed by atoms with Crippen molar-refractivity contribution in [3.63, 3.8) is 0 Å². The van der Waals surface area contributed by atoms with Gasteiger partial charge in [0.05, 0.1) is 5.69 Å². The van der Waals surface area contributed by atoms with Crippen molar-refractivity contribution in [3.05, 3.63) is 70.0 Å². The fourth-order valence-corrected chi connectivity index (χ4v) is 2.78. The Morgan fingerprint density at radius 1 is 1.36 bits per heavy atom. The Bertz CT molecular complexity index is 1010. The van der Waals surface area contributed by atoms with Crippen LogP contribution in [0.4, 0.5) is 8.78 Å². The molecule has 0 unspecified atom stereocenters. The molecular weight excluding hydrogens is 352 g/mol. The first-order valence-corrected chi connectivity index (χ1v) is 7.89. The molecule has 6 nitrogen and oxygen atoms in total. The lowest BCUT2D eigenvalue weighted by molar-refractivity contribution is 0.0544. The molecule has 0 radical (unpaired) electrons. The van der Waals surface area contributed by atoms with Gasteiger partial charge in [0.15, 0.2) is 17.3 Å². The standard InChI is InChI=1S/C16H11F2N3O3S/c1-2-5-24-15(23)13-8-25-16(19-13)21-14(22)7-12(20-21)9-3-4-10(17)11(18)6-9/h2-4,6-8,20H,1,5H2. The lowest BCUT2D eigenvalue weighted by Gasteiger charge is -2.00. The molecule has 0 spiro atoms. The van der Waals surface area contributed by atoms with E-state index in [9.17, 15) is 18.4 Å². The minimum atomic E-state index is -1.02. The van der Waals surface area contributed by atoms with E-state index in [4.69, 9.17) is 4.74 Å². The van der Waals surface area contributed by atoms with Crippen LogP contribution >= 0.6 is 11.3 Å². The smallest absolute Gasteiger partial charge is 0.358 e. The Morgan fingerprint density at radius 3 is 2.88 bits per heavy atom. The van der Waals surface area contributed by atoms with Crippen LogP contribution in [0.1, 0.15) is 10.5 Å². The Hall–Kier alpha value is -3.07. The number of carbonyl (C=O) groups excluding carboxylic acids is 1. The minimum absolute atomic E-state index is 0.0500. The lowest BCUT2D eigenvalue weighted by atomic mass is 10.1. The number of hydrogen-bond acceptors (Lipinski definition) is 5. The van der Waals surface area contributed by atoms with Crippen molar-refractivity contribution >= 4 is 17.3 Å². The second-order valence-electron chi connectivity index (χ2n) is 4.87. The van der Waals surface area contributed by atoms with Crippen LogP contribution in [-0.4, -0.2) is 27.3 Å². The number of halogens is 2. The molecule has 0 bridgehead atoms. The Labute approximate surface area is 144 Å². The van der Waals surface area contributed by atoms with Gasteiger partial charge < -0.3 is 4.74 Å². The van der Waals surface area contributed by atoms with Gasteiger partial charge in [-0.15, -0.1) is 11.3 Å². The molecular formula is C16H11F2N3O3S. The zero-order valence-electron chi connectivity index (χ0n) is 12.7. The third-order valence-electron chi connectivity index (χ3n) is 3.18. The van der Waals surface area contributed by atoms with Crippen molar-refractivity contribution < 1.29 is 18.3 Å². The zero-order chi connectivity index (χ0) is 18.0. The van der Waals surface area contributed by atoms with Gasteiger partial charge in [-0.05, 0) is 18.2 Å². The predicted molar refractivity (Wildman–Crippen MR) is 87.9 cm³/mol. The summed E-state index contributed by atoms with van der Waals surface area (Å²) in [6.45, 7) is 3.49. The number of nitrogens with zero attached hydrogens (tertiary/aromatic N) is 2. The van der Waals surface area contributed by atoms with Crippen LogP contribution in [0.15, 0.2) is 47.1 Å². The number of aromatic nitrogens is 3. The molecule has 0 aliphatic carbocycles. The first kappa shape index (κ1) is 16.8. The van der Waals surface area contributed by atoms with E-state index >= 15 is 0 Å². The highest BCUT2D eigenvalue weighted by molar-refractivity contribution is 7.12. The van der Waals surface area contributed by atoms with E-state index in [0.29, 0.717) is 5.56 Å². The van der Waals surface area contributed by atoms with Gasteiger partial charge in [-0.25, -0.2) is 18.6 Å². The van der Waals surface area contributed by atoms with E-state index in [1.165, 1.54) is 23.6 Å². The molecule has 0 atom stereocenters. The van der Waals surface area contributed by atoms with Crippen LogP contribution in [0.3, 0.4) is 0 Å². The van der Waals surface area contributed by atoms with Crippen molar-refractivity contribution in [3.8, 4) is 16.4 Å². The second-order valence-corrected chi connectivity index (χ2v) is 5.71. The Kier molecular flexibility index (Phi) is 4.57. The summed E-state index contributed by atoms with van der Waals surface area (Å²) >= 11 is 1.05.